The SMILES string of the molecule is CCOc1cc(C(=O)Nc2cc(C(F)(F)F)ccn2)ccc1-c1nc(C2CCC3N(C2)C(=O)CNC32CC2)n2ccnc(N)c12. The highest BCUT2D eigenvalue weighted by Gasteiger charge is 2.56. The molecule has 45 heavy (non-hydrogen) atoms. The molecule has 3 fully saturated rings. The summed E-state index contributed by atoms with van der Waals surface area (Å²) in [5.74, 6) is 0.523. The van der Waals surface area contributed by atoms with Crippen molar-refractivity contribution >= 4 is 29.0 Å². The number of carbonyl (C=O) groups excluding carboxylic acids is 2. The second-order valence-electron chi connectivity index (χ2n) is 11.7. The lowest BCUT2D eigenvalue weighted by atomic mass is 9.85. The second kappa shape index (κ2) is 10.7. The molecular formula is C31H31F3N8O3. The number of halogens is 3. The predicted molar refractivity (Wildman–Crippen MR) is 159 cm³/mol. The molecule has 1 spiro atoms. The Bertz CT molecular complexity index is 1820. The number of piperazine rings is 1. The van der Waals surface area contributed by atoms with Crippen molar-refractivity contribution in [3.8, 4) is 17.0 Å². The minimum atomic E-state index is -4.58. The molecule has 0 radical (unpaired) electrons. The highest BCUT2D eigenvalue weighted by molar-refractivity contribution is 6.04. The van der Waals surface area contributed by atoms with Gasteiger partial charge < -0.3 is 26.0 Å². The van der Waals surface area contributed by atoms with E-state index in [9.17, 15) is 22.8 Å². The first kappa shape index (κ1) is 29.0. The minimum Gasteiger partial charge on any atom is -0.493 e. The molecule has 2 aliphatic heterocycles. The van der Waals surface area contributed by atoms with Gasteiger partial charge in [0.15, 0.2) is 0 Å². The summed E-state index contributed by atoms with van der Waals surface area (Å²) in [6, 6.07) is 6.51. The van der Waals surface area contributed by atoms with Gasteiger partial charge in [-0.1, -0.05) is 0 Å². The van der Waals surface area contributed by atoms with Crippen LogP contribution in [0.25, 0.3) is 16.8 Å². The summed E-state index contributed by atoms with van der Waals surface area (Å²) in [6.45, 7) is 2.96. The van der Waals surface area contributed by atoms with Crippen molar-refractivity contribution in [2.24, 2.45) is 0 Å². The highest BCUT2D eigenvalue weighted by Crippen LogP contribution is 2.48. The third kappa shape index (κ3) is 5.12. The number of aromatic nitrogens is 4. The lowest BCUT2D eigenvalue weighted by Crippen LogP contribution is -2.64. The number of imidazole rings is 1. The average molecular weight is 621 g/mol. The Morgan fingerprint density at radius 2 is 2.00 bits per heavy atom. The maximum absolute atomic E-state index is 13.2. The fourth-order valence-electron chi connectivity index (χ4n) is 6.71. The molecule has 1 aromatic carbocycles. The molecule has 3 aliphatic rings. The molecule has 4 N–H and O–H groups in total. The molecular weight excluding hydrogens is 589 g/mol. The summed E-state index contributed by atoms with van der Waals surface area (Å²) in [5, 5.41) is 5.89. The van der Waals surface area contributed by atoms with Crippen molar-refractivity contribution in [2.45, 2.75) is 56.3 Å². The maximum Gasteiger partial charge on any atom is 0.416 e. The van der Waals surface area contributed by atoms with Crippen LogP contribution in [0, 0.1) is 0 Å². The molecule has 2 amide bonds. The fourth-order valence-corrected chi connectivity index (χ4v) is 6.71. The number of pyridine rings is 1. The molecule has 2 unspecified atom stereocenters. The van der Waals surface area contributed by atoms with Gasteiger partial charge in [0.05, 0.1) is 18.7 Å². The van der Waals surface area contributed by atoms with E-state index in [0.717, 1.165) is 49.8 Å². The van der Waals surface area contributed by atoms with E-state index in [1.807, 2.05) is 9.30 Å². The molecule has 7 rings (SSSR count). The largest absolute Gasteiger partial charge is 0.493 e. The molecule has 2 saturated heterocycles. The number of hydrogen-bond donors (Lipinski definition) is 3. The standard InChI is InChI=1S/C31H31F3N8O3/c1-2-45-21-13-17(29(44)39-23-14-19(7-10-36-23)31(32,33)34)3-5-20(21)25-26-27(35)37-11-12-41(26)28(40-25)18-4-6-22-30(8-9-30)38-15-24(43)42(22)16-18/h3,5,7,10-14,18,22,38H,2,4,6,8-9,15-16H2,1H3,(H2,35,37)(H,36,39,44). The van der Waals surface area contributed by atoms with Crippen molar-refractivity contribution in [3.63, 3.8) is 0 Å². The molecule has 14 heteroatoms. The number of fused-ring (bicyclic) bond motifs is 3. The van der Waals surface area contributed by atoms with Crippen LogP contribution < -0.4 is 21.1 Å². The summed E-state index contributed by atoms with van der Waals surface area (Å²) in [6.07, 6.45) is 3.69. The molecule has 234 valence electrons. The molecule has 4 aromatic rings. The summed E-state index contributed by atoms with van der Waals surface area (Å²) < 4.78 is 47.3. The summed E-state index contributed by atoms with van der Waals surface area (Å²) in [7, 11) is 0. The zero-order valence-corrected chi connectivity index (χ0v) is 24.4. The Hall–Kier alpha value is -4.72. The van der Waals surface area contributed by atoms with Crippen molar-refractivity contribution in [1.29, 1.82) is 0 Å². The van der Waals surface area contributed by atoms with E-state index in [0.29, 0.717) is 35.6 Å². The van der Waals surface area contributed by atoms with Crippen LogP contribution in [0.2, 0.25) is 0 Å². The minimum absolute atomic E-state index is 0.0392. The number of nitrogens with two attached hydrogens (primary N) is 1. The van der Waals surface area contributed by atoms with Gasteiger partial charge >= 0.3 is 6.18 Å². The van der Waals surface area contributed by atoms with Crippen molar-refractivity contribution < 1.29 is 27.5 Å². The number of alkyl halides is 3. The number of carbonyl (C=O) groups is 2. The highest BCUT2D eigenvalue weighted by atomic mass is 19.4. The van der Waals surface area contributed by atoms with Crippen LogP contribution in [0.15, 0.2) is 48.9 Å². The van der Waals surface area contributed by atoms with Gasteiger partial charge in [-0.25, -0.2) is 15.0 Å². The molecule has 3 aromatic heterocycles. The fraction of sp³-hybridized carbons (Fsp3) is 0.387. The Labute approximate surface area is 256 Å². The van der Waals surface area contributed by atoms with Gasteiger partial charge in [-0.2, -0.15) is 13.2 Å². The number of ether oxygens (including phenoxy) is 1. The first-order chi connectivity index (χ1) is 21.6. The lowest BCUT2D eigenvalue weighted by Gasteiger charge is -2.47. The third-order valence-electron chi connectivity index (χ3n) is 9.02. The van der Waals surface area contributed by atoms with Crippen LogP contribution in [0.4, 0.5) is 24.8 Å². The van der Waals surface area contributed by atoms with E-state index in [4.69, 9.17) is 15.5 Å². The van der Waals surface area contributed by atoms with Gasteiger partial charge in [-0.15, -0.1) is 0 Å². The van der Waals surface area contributed by atoms with E-state index < -0.39 is 17.6 Å². The smallest absolute Gasteiger partial charge is 0.416 e. The summed E-state index contributed by atoms with van der Waals surface area (Å²) in [4.78, 5) is 41.3. The van der Waals surface area contributed by atoms with Crippen LogP contribution in [-0.4, -0.2) is 67.3 Å². The number of benzene rings is 1. The van der Waals surface area contributed by atoms with Crippen LogP contribution in [0.3, 0.4) is 0 Å². The molecule has 2 atom stereocenters. The van der Waals surface area contributed by atoms with Gasteiger partial charge in [-0.3, -0.25) is 14.0 Å². The Morgan fingerprint density at radius 3 is 2.76 bits per heavy atom. The van der Waals surface area contributed by atoms with Crippen LogP contribution in [0.1, 0.15) is 60.3 Å². The first-order valence-corrected chi connectivity index (χ1v) is 14.9. The van der Waals surface area contributed by atoms with Crippen LogP contribution in [-0.2, 0) is 11.0 Å². The van der Waals surface area contributed by atoms with E-state index in [2.05, 4.69) is 20.6 Å². The van der Waals surface area contributed by atoms with Crippen molar-refractivity contribution in [3.05, 3.63) is 65.9 Å². The predicted octanol–water partition coefficient (Wildman–Crippen LogP) is 4.25. The Morgan fingerprint density at radius 1 is 1.18 bits per heavy atom. The normalized spacial score (nSPS) is 20.7. The monoisotopic (exact) mass is 620 g/mol. The molecule has 5 heterocycles. The number of nitrogens with one attached hydrogen (secondary N) is 2. The zero-order chi connectivity index (χ0) is 31.5. The summed E-state index contributed by atoms with van der Waals surface area (Å²) in [5.41, 5.74) is 7.34. The van der Waals surface area contributed by atoms with Gasteiger partial charge in [0.2, 0.25) is 5.91 Å². The molecule has 1 saturated carbocycles. The molecule has 1 aliphatic carbocycles. The molecule has 0 bridgehead atoms. The number of amides is 2. The van der Waals surface area contributed by atoms with Gasteiger partial charge in [0.25, 0.3) is 5.91 Å². The Kier molecular flexibility index (Phi) is 6.91. The topological polar surface area (TPSA) is 140 Å². The van der Waals surface area contributed by atoms with Crippen LogP contribution >= 0.6 is 0 Å². The summed E-state index contributed by atoms with van der Waals surface area (Å²) >= 11 is 0. The van der Waals surface area contributed by atoms with Gasteiger partial charge in [-0.05, 0) is 62.9 Å². The van der Waals surface area contributed by atoms with Crippen molar-refractivity contribution in [1.82, 2.24) is 29.6 Å². The zero-order valence-electron chi connectivity index (χ0n) is 24.4. The lowest BCUT2D eigenvalue weighted by molar-refractivity contribution is -0.139. The average Bonchev–Trinajstić information content (AvgIpc) is 3.70. The number of hydrogen-bond acceptors (Lipinski definition) is 8. The number of nitrogen functional groups attached to an aromatic ring is 1. The first-order valence-electron chi connectivity index (χ1n) is 14.9. The van der Waals surface area contributed by atoms with Gasteiger partial charge in [0, 0.05) is 53.8 Å². The number of rotatable bonds is 6. The van der Waals surface area contributed by atoms with E-state index in [1.54, 1.807) is 25.4 Å². The van der Waals surface area contributed by atoms with E-state index in [-0.39, 0.29) is 47.2 Å². The van der Waals surface area contributed by atoms with Crippen LogP contribution in [0.5, 0.6) is 5.75 Å². The maximum atomic E-state index is 13.2. The van der Waals surface area contributed by atoms with E-state index >= 15 is 0 Å². The van der Waals surface area contributed by atoms with Gasteiger partial charge in [0.1, 0.15) is 34.4 Å². The van der Waals surface area contributed by atoms with Crippen molar-refractivity contribution in [2.75, 3.05) is 30.7 Å². The number of nitrogens with zero attached hydrogens (tertiary/aromatic N) is 5. The van der Waals surface area contributed by atoms with E-state index in [1.165, 1.54) is 12.1 Å². The quantitative estimate of drug-likeness (QED) is 0.291. The third-order valence-corrected chi connectivity index (χ3v) is 9.02. The molecule has 11 nitrogen and oxygen atoms in total. The number of anilines is 2. The second-order valence-corrected chi connectivity index (χ2v) is 11.7. The number of piperidine rings is 1. The Balaban J connectivity index is 1.22.